The molecule has 3 aromatic rings. The first-order chi connectivity index (χ1) is 15.0. The van der Waals surface area contributed by atoms with Gasteiger partial charge in [0.1, 0.15) is 18.2 Å². The van der Waals surface area contributed by atoms with Crippen LogP contribution in [0.25, 0.3) is 22.4 Å². The Morgan fingerprint density at radius 3 is 2.32 bits per heavy atom. The maximum absolute atomic E-state index is 9.76. The third-order valence-electron chi connectivity index (χ3n) is 5.20. The van der Waals surface area contributed by atoms with E-state index in [0.717, 1.165) is 41.9 Å². The van der Waals surface area contributed by atoms with Crippen molar-refractivity contribution in [2.45, 2.75) is 20.8 Å². The summed E-state index contributed by atoms with van der Waals surface area (Å²) in [7, 11) is 0. The van der Waals surface area contributed by atoms with Gasteiger partial charge in [-0.05, 0) is 49.8 Å². The molecule has 0 aliphatic heterocycles. The highest BCUT2D eigenvalue weighted by atomic mass is 35.5. The Morgan fingerprint density at radius 2 is 1.71 bits per heavy atom. The summed E-state index contributed by atoms with van der Waals surface area (Å²) in [5.74, 6) is 0.312. The first kappa shape index (κ1) is 23.1. The molecule has 4 nitrogen and oxygen atoms in total. The lowest BCUT2D eigenvalue weighted by atomic mass is 9.97. The van der Waals surface area contributed by atoms with Gasteiger partial charge in [-0.3, -0.25) is 0 Å². The first-order valence-corrected chi connectivity index (χ1v) is 11.0. The molecule has 0 atom stereocenters. The topological polar surface area (TPSA) is 49.1 Å². The number of benzene rings is 2. The molecule has 31 heavy (non-hydrogen) atoms. The van der Waals surface area contributed by atoms with E-state index in [-0.39, 0.29) is 0 Å². The molecule has 0 aliphatic rings. The fraction of sp³-hybridized carbons (Fsp3) is 0.280. The number of ether oxygens (including phenoxy) is 1. The first-order valence-electron chi connectivity index (χ1n) is 10.3. The van der Waals surface area contributed by atoms with E-state index in [1.807, 2.05) is 43.3 Å². The fourth-order valence-electron chi connectivity index (χ4n) is 3.34. The number of likely N-dealkylation sites (N-methyl/N-ethyl adjacent to an activating group) is 1. The molecular formula is C25H25Cl2N3O. The van der Waals surface area contributed by atoms with Gasteiger partial charge in [-0.25, -0.2) is 4.98 Å². The summed E-state index contributed by atoms with van der Waals surface area (Å²) >= 11 is 12.6. The summed E-state index contributed by atoms with van der Waals surface area (Å²) in [4.78, 5) is 7.01. The molecule has 2 aromatic carbocycles. The summed E-state index contributed by atoms with van der Waals surface area (Å²) in [6.45, 7) is 9.34. The second kappa shape index (κ2) is 10.6. The van der Waals surface area contributed by atoms with Gasteiger partial charge in [-0.15, -0.1) is 0 Å². The van der Waals surface area contributed by atoms with E-state index in [2.05, 4.69) is 24.8 Å². The highest BCUT2D eigenvalue weighted by molar-refractivity contribution is 6.36. The molecule has 0 amide bonds. The number of nitriles is 1. The smallest absolute Gasteiger partial charge is 0.232 e. The molecule has 0 bridgehead atoms. The SMILES string of the molecule is CCN(CC)CCOc1nc(-c2ccc(Cl)cc2Cl)c(-c2ccc(C)cc2)cc1C#N. The van der Waals surface area contributed by atoms with Crippen molar-refractivity contribution >= 4 is 23.2 Å². The second-order valence-corrected chi connectivity index (χ2v) is 8.06. The number of halogens is 2. The van der Waals surface area contributed by atoms with Gasteiger partial charge in [-0.1, -0.05) is 66.9 Å². The minimum atomic E-state index is 0.312. The highest BCUT2D eigenvalue weighted by Gasteiger charge is 2.18. The summed E-state index contributed by atoms with van der Waals surface area (Å²) in [6, 6.07) is 17.5. The summed E-state index contributed by atoms with van der Waals surface area (Å²) in [6.07, 6.45) is 0. The van der Waals surface area contributed by atoms with E-state index in [0.29, 0.717) is 33.8 Å². The van der Waals surface area contributed by atoms with Crippen LogP contribution in [0.3, 0.4) is 0 Å². The Morgan fingerprint density at radius 1 is 1.00 bits per heavy atom. The molecule has 0 aliphatic carbocycles. The zero-order valence-corrected chi connectivity index (χ0v) is 19.5. The van der Waals surface area contributed by atoms with Gasteiger partial charge in [0.2, 0.25) is 5.88 Å². The Bertz CT molecular complexity index is 1090. The third kappa shape index (κ3) is 5.57. The van der Waals surface area contributed by atoms with Crippen LogP contribution >= 0.6 is 23.2 Å². The normalized spacial score (nSPS) is 10.9. The molecule has 0 spiro atoms. The van der Waals surface area contributed by atoms with E-state index in [4.69, 9.17) is 32.9 Å². The van der Waals surface area contributed by atoms with E-state index in [1.165, 1.54) is 0 Å². The number of nitrogens with zero attached hydrogens (tertiary/aromatic N) is 3. The molecule has 1 aromatic heterocycles. The van der Waals surface area contributed by atoms with E-state index in [9.17, 15) is 5.26 Å². The molecule has 0 saturated heterocycles. The lowest BCUT2D eigenvalue weighted by Crippen LogP contribution is -2.28. The second-order valence-electron chi connectivity index (χ2n) is 7.21. The van der Waals surface area contributed by atoms with Gasteiger partial charge >= 0.3 is 0 Å². The third-order valence-corrected chi connectivity index (χ3v) is 5.75. The molecule has 3 rings (SSSR count). The molecule has 160 valence electrons. The van der Waals surface area contributed by atoms with Gasteiger partial charge < -0.3 is 9.64 Å². The van der Waals surface area contributed by atoms with Crippen molar-refractivity contribution in [3.8, 4) is 34.3 Å². The van der Waals surface area contributed by atoms with Crippen molar-refractivity contribution in [2.24, 2.45) is 0 Å². The molecule has 1 heterocycles. The summed E-state index contributed by atoms with van der Waals surface area (Å²) in [5, 5.41) is 10.8. The summed E-state index contributed by atoms with van der Waals surface area (Å²) in [5.41, 5.74) is 4.70. The maximum atomic E-state index is 9.76. The van der Waals surface area contributed by atoms with Crippen LogP contribution in [0.4, 0.5) is 0 Å². The van der Waals surface area contributed by atoms with Crippen LogP contribution in [0.15, 0.2) is 48.5 Å². The van der Waals surface area contributed by atoms with Gasteiger partial charge in [0, 0.05) is 22.7 Å². The molecular weight excluding hydrogens is 429 g/mol. The van der Waals surface area contributed by atoms with Crippen LogP contribution in [-0.4, -0.2) is 36.1 Å². The Kier molecular flexibility index (Phi) is 7.92. The largest absolute Gasteiger partial charge is 0.475 e. The van der Waals surface area contributed by atoms with Gasteiger partial charge in [-0.2, -0.15) is 5.26 Å². The van der Waals surface area contributed by atoms with Crippen molar-refractivity contribution in [1.82, 2.24) is 9.88 Å². The zero-order chi connectivity index (χ0) is 22.4. The van der Waals surface area contributed by atoms with Crippen molar-refractivity contribution in [3.63, 3.8) is 0 Å². The molecule has 0 saturated carbocycles. The lowest BCUT2D eigenvalue weighted by molar-refractivity contribution is 0.218. The van der Waals surface area contributed by atoms with Gasteiger partial charge in [0.15, 0.2) is 0 Å². The van der Waals surface area contributed by atoms with E-state index >= 15 is 0 Å². The van der Waals surface area contributed by atoms with Crippen LogP contribution in [0.1, 0.15) is 25.0 Å². The van der Waals surface area contributed by atoms with Crippen LogP contribution in [0.2, 0.25) is 10.0 Å². The van der Waals surface area contributed by atoms with Crippen molar-refractivity contribution in [1.29, 1.82) is 5.26 Å². The number of rotatable bonds is 8. The van der Waals surface area contributed by atoms with Crippen molar-refractivity contribution < 1.29 is 4.74 Å². The summed E-state index contributed by atoms with van der Waals surface area (Å²) < 4.78 is 5.95. The Balaban J connectivity index is 2.10. The number of aromatic nitrogens is 1. The standard InChI is InChI=1S/C25H25Cl2N3O/c1-4-30(5-2)12-13-31-25-19(16-28)14-22(18-8-6-17(3)7-9-18)24(29-25)21-11-10-20(26)15-23(21)27/h6-11,14-15H,4-5,12-13H2,1-3H3. The van der Waals surface area contributed by atoms with E-state index in [1.54, 1.807) is 12.1 Å². The predicted molar refractivity (Wildman–Crippen MR) is 128 cm³/mol. The molecule has 0 unspecified atom stereocenters. The van der Waals surface area contributed by atoms with Gasteiger partial charge in [0.05, 0.1) is 10.7 Å². The van der Waals surface area contributed by atoms with Crippen molar-refractivity contribution in [2.75, 3.05) is 26.2 Å². The highest BCUT2D eigenvalue weighted by Crippen LogP contribution is 2.38. The average Bonchev–Trinajstić information content (AvgIpc) is 2.77. The number of hydrogen-bond acceptors (Lipinski definition) is 4. The van der Waals surface area contributed by atoms with Crippen LogP contribution in [-0.2, 0) is 0 Å². The maximum Gasteiger partial charge on any atom is 0.232 e. The minimum Gasteiger partial charge on any atom is -0.475 e. The van der Waals surface area contributed by atoms with Crippen molar-refractivity contribution in [3.05, 3.63) is 69.7 Å². The quantitative estimate of drug-likeness (QED) is 0.384. The lowest BCUT2D eigenvalue weighted by Gasteiger charge is -2.19. The number of hydrogen-bond donors (Lipinski definition) is 0. The Labute approximate surface area is 194 Å². The monoisotopic (exact) mass is 453 g/mol. The fourth-order valence-corrected chi connectivity index (χ4v) is 3.84. The van der Waals surface area contributed by atoms with E-state index < -0.39 is 0 Å². The van der Waals surface area contributed by atoms with Crippen LogP contribution in [0.5, 0.6) is 5.88 Å². The average molecular weight is 454 g/mol. The number of pyridine rings is 1. The molecule has 0 radical (unpaired) electrons. The molecule has 0 fully saturated rings. The van der Waals surface area contributed by atoms with Crippen LogP contribution < -0.4 is 4.74 Å². The number of aryl methyl sites for hydroxylation is 1. The minimum absolute atomic E-state index is 0.312. The Hall–Kier alpha value is -2.58. The molecule has 0 N–H and O–H groups in total. The van der Waals surface area contributed by atoms with Crippen LogP contribution in [0, 0.1) is 18.3 Å². The zero-order valence-electron chi connectivity index (χ0n) is 18.0. The molecule has 6 heteroatoms. The predicted octanol–water partition coefficient (Wildman–Crippen LogP) is 6.62. The van der Waals surface area contributed by atoms with Gasteiger partial charge in [0.25, 0.3) is 0 Å².